The Kier molecular flexibility index (Phi) is 6.48. The molecule has 0 saturated carbocycles. The molecule has 32 heavy (non-hydrogen) atoms. The predicted molar refractivity (Wildman–Crippen MR) is 131 cm³/mol. The molecule has 2 aromatic carbocycles. The zero-order chi connectivity index (χ0) is 22.7. The van der Waals surface area contributed by atoms with Crippen molar-refractivity contribution in [3.63, 3.8) is 0 Å². The lowest BCUT2D eigenvalue weighted by Gasteiger charge is -2.11. The van der Waals surface area contributed by atoms with Gasteiger partial charge in [0.2, 0.25) is 0 Å². The molecule has 2 aromatic heterocycles. The van der Waals surface area contributed by atoms with E-state index < -0.39 is 5.82 Å². The topological polar surface area (TPSA) is 75.2 Å². The Morgan fingerprint density at radius 3 is 2.59 bits per heavy atom. The first-order valence-electron chi connectivity index (χ1n) is 9.94. The molecule has 6 nitrogen and oxygen atoms in total. The highest BCUT2D eigenvalue weighted by Crippen LogP contribution is 2.26. The minimum absolute atomic E-state index is 0.294. The summed E-state index contributed by atoms with van der Waals surface area (Å²) in [6.07, 6.45) is 2.62. The predicted octanol–water partition coefficient (Wildman–Crippen LogP) is 5.62. The van der Waals surface area contributed by atoms with Crippen molar-refractivity contribution in [1.82, 2.24) is 9.29 Å². The molecule has 0 bridgehead atoms. The zero-order valence-corrected chi connectivity index (χ0v) is 19.1. The second-order valence-electron chi connectivity index (χ2n) is 6.94. The molecule has 9 heteroatoms. The fourth-order valence-corrected chi connectivity index (χ4v) is 4.89. The van der Waals surface area contributed by atoms with Crippen molar-refractivity contribution < 1.29 is 9.18 Å². The fraction of sp³-hybridized carbons (Fsp3) is 0.130. The van der Waals surface area contributed by atoms with Gasteiger partial charge >= 0.3 is 6.03 Å². The van der Waals surface area contributed by atoms with Crippen LogP contribution in [-0.2, 0) is 6.42 Å². The Morgan fingerprint density at radius 2 is 1.91 bits per heavy atom. The molecule has 0 spiro atoms. The lowest BCUT2D eigenvalue weighted by molar-refractivity contribution is 0.257. The molecule has 0 radical (unpaired) electrons. The maximum atomic E-state index is 14.1. The summed E-state index contributed by atoms with van der Waals surface area (Å²) < 4.78 is 19.4. The maximum Gasteiger partial charge on any atom is 0.329 e. The van der Waals surface area contributed by atoms with Crippen LogP contribution in [0.2, 0.25) is 0 Å². The first-order chi connectivity index (χ1) is 15.5. The smallest absolute Gasteiger partial charge is 0.329 e. The molecule has 0 aliphatic rings. The van der Waals surface area contributed by atoms with Gasteiger partial charge in [-0.05, 0) is 78.4 Å². The second kappa shape index (κ2) is 9.46. The molecule has 4 aromatic rings. The third kappa shape index (κ3) is 4.63. The number of halogens is 1. The largest absolute Gasteiger partial charge is 0.386 e. The van der Waals surface area contributed by atoms with Gasteiger partial charge in [-0.25, -0.2) is 9.18 Å². The van der Waals surface area contributed by atoms with Crippen molar-refractivity contribution in [2.24, 2.45) is 0 Å². The number of carbonyl (C=O) groups excluding carboxylic acids is 1. The van der Waals surface area contributed by atoms with Crippen LogP contribution in [0, 0.1) is 5.82 Å². The van der Waals surface area contributed by atoms with Crippen molar-refractivity contribution >= 4 is 51.5 Å². The average Bonchev–Trinajstić information content (AvgIpc) is 3.27. The lowest BCUT2D eigenvalue weighted by Crippen LogP contribution is -2.22. The first-order valence-corrected chi connectivity index (χ1v) is 11.6. The molecule has 164 valence electrons. The third-order valence-corrected chi connectivity index (χ3v) is 7.04. The highest BCUT2D eigenvalue weighted by Gasteiger charge is 2.10. The standard InChI is InChI=1S/C23H21FN4O2S2/c1-3-17-8-9-21(31-17)32-27-23(30)26-15-4-6-16(7-5-15)28-11-10-14-12-20(25-2)19(24)13-18(14)22(28)29/h4-13,25H,3H2,1-2H3,(H2,26,27,30). The van der Waals surface area contributed by atoms with Crippen LogP contribution in [-0.4, -0.2) is 17.6 Å². The normalized spacial score (nSPS) is 10.8. The van der Waals surface area contributed by atoms with Crippen molar-refractivity contribution in [1.29, 1.82) is 0 Å². The summed E-state index contributed by atoms with van der Waals surface area (Å²) in [7, 11) is 1.63. The van der Waals surface area contributed by atoms with E-state index in [1.54, 1.807) is 61.0 Å². The number of aromatic nitrogens is 1. The number of hydrogen-bond donors (Lipinski definition) is 3. The van der Waals surface area contributed by atoms with E-state index in [-0.39, 0.29) is 11.6 Å². The van der Waals surface area contributed by atoms with Gasteiger partial charge in [-0.1, -0.05) is 6.92 Å². The van der Waals surface area contributed by atoms with Crippen LogP contribution in [0.4, 0.5) is 20.6 Å². The van der Waals surface area contributed by atoms with Crippen LogP contribution in [0.5, 0.6) is 0 Å². The maximum absolute atomic E-state index is 14.1. The van der Waals surface area contributed by atoms with Crippen LogP contribution in [0.15, 0.2) is 69.8 Å². The number of hydrogen-bond acceptors (Lipinski definition) is 5. The van der Waals surface area contributed by atoms with Gasteiger partial charge in [-0.2, -0.15) is 0 Å². The summed E-state index contributed by atoms with van der Waals surface area (Å²) in [5, 5.41) is 6.49. The Balaban J connectivity index is 1.47. The number of anilines is 2. The SMILES string of the molecule is CCc1ccc(SNC(=O)Nc2ccc(-n3ccc4cc(NC)c(F)cc4c3=O)cc2)s1. The van der Waals surface area contributed by atoms with Crippen molar-refractivity contribution in [3.8, 4) is 5.69 Å². The summed E-state index contributed by atoms with van der Waals surface area (Å²) >= 11 is 2.91. The molecule has 0 fully saturated rings. The van der Waals surface area contributed by atoms with Crippen LogP contribution < -0.4 is 20.9 Å². The van der Waals surface area contributed by atoms with Gasteiger partial charge in [0.15, 0.2) is 0 Å². The minimum atomic E-state index is -0.480. The van der Waals surface area contributed by atoms with E-state index in [0.717, 1.165) is 10.6 Å². The Hall–Kier alpha value is -3.30. The first kappa shape index (κ1) is 21.9. The van der Waals surface area contributed by atoms with Gasteiger partial charge in [0.1, 0.15) is 5.82 Å². The van der Waals surface area contributed by atoms with Gasteiger partial charge in [0.25, 0.3) is 5.56 Å². The Labute approximate surface area is 192 Å². The van der Waals surface area contributed by atoms with Crippen LogP contribution in [0.1, 0.15) is 11.8 Å². The van der Waals surface area contributed by atoms with E-state index in [1.165, 1.54) is 27.5 Å². The number of thiophene rings is 1. The second-order valence-corrected chi connectivity index (χ2v) is 9.21. The van der Waals surface area contributed by atoms with Gasteiger partial charge in [-0.3, -0.25) is 14.1 Å². The molecular formula is C23H21FN4O2S2. The highest BCUT2D eigenvalue weighted by atomic mass is 32.2. The van der Waals surface area contributed by atoms with Crippen molar-refractivity contribution in [3.05, 3.63) is 81.8 Å². The molecular weight excluding hydrogens is 447 g/mol. The Bertz CT molecular complexity index is 1330. The number of nitrogens with one attached hydrogen (secondary N) is 3. The molecule has 3 N–H and O–H groups in total. The van der Waals surface area contributed by atoms with E-state index in [1.807, 2.05) is 12.1 Å². The van der Waals surface area contributed by atoms with Gasteiger partial charge in [0.05, 0.1) is 15.3 Å². The number of nitrogens with zero attached hydrogens (tertiary/aromatic N) is 1. The summed E-state index contributed by atoms with van der Waals surface area (Å²) in [5.74, 6) is -0.480. The van der Waals surface area contributed by atoms with E-state index in [2.05, 4.69) is 22.3 Å². The van der Waals surface area contributed by atoms with Crippen molar-refractivity contribution in [2.75, 3.05) is 17.7 Å². The molecule has 0 saturated heterocycles. The summed E-state index contributed by atoms with van der Waals surface area (Å²) in [6.45, 7) is 2.09. The summed E-state index contributed by atoms with van der Waals surface area (Å²) in [4.78, 5) is 26.3. The third-order valence-electron chi connectivity index (χ3n) is 4.89. The number of urea groups is 1. The highest BCUT2D eigenvalue weighted by molar-refractivity contribution is 7.99. The molecule has 0 aliphatic heterocycles. The molecule has 0 aliphatic carbocycles. The number of fused-ring (bicyclic) bond motifs is 1. The number of carbonyl (C=O) groups is 1. The number of amides is 2. The van der Waals surface area contributed by atoms with Crippen molar-refractivity contribution in [2.45, 2.75) is 17.6 Å². The summed E-state index contributed by atoms with van der Waals surface area (Å²) in [5.41, 5.74) is 1.22. The van der Waals surface area contributed by atoms with E-state index in [4.69, 9.17) is 0 Å². The van der Waals surface area contributed by atoms with Gasteiger partial charge < -0.3 is 10.6 Å². The monoisotopic (exact) mass is 468 g/mol. The molecule has 2 heterocycles. The number of pyridine rings is 1. The van der Waals surface area contributed by atoms with E-state index in [9.17, 15) is 14.0 Å². The molecule has 0 atom stereocenters. The molecule has 2 amide bonds. The van der Waals surface area contributed by atoms with Crippen LogP contribution in [0.3, 0.4) is 0 Å². The fourth-order valence-electron chi connectivity index (χ4n) is 3.22. The average molecular weight is 469 g/mol. The minimum Gasteiger partial charge on any atom is -0.386 e. The Morgan fingerprint density at radius 1 is 1.12 bits per heavy atom. The lowest BCUT2D eigenvalue weighted by atomic mass is 10.1. The summed E-state index contributed by atoms with van der Waals surface area (Å²) in [6, 6.07) is 15.2. The number of rotatable bonds is 6. The molecule has 4 rings (SSSR count). The van der Waals surface area contributed by atoms with Crippen LogP contribution >= 0.6 is 23.3 Å². The van der Waals surface area contributed by atoms with Gasteiger partial charge in [0, 0.05) is 29.5 Å². The quantitative estimate of drug-likeness (QED) is 0.321. The van der Waals surface area contributed by atoms with Crippen LogP contribution in [0.25, 0.3) is 16.5 Å². The number of benzene rings is 2. The van der Waals surface area contributed by atoms with E-state index in [0.29, 0.717) is 27.8 Å². The van der Waals surface area contributed by atoms with Gasteiger partial charge in [-0.15, -0.1) is 11.3 Å². The number of aryl methyl sites for hydroxylation is 1. The van der Waals surface area contributed by atoms with E-state index >= 15 is 0 Å². The molecule has 0 unspecified atom stereocenters. The zero-order valence-electron chi connectivity index (χ0n) is 17.4.